The molecule has 0 bridgehead atoms. The maximum absolute atomic E-state index is 14.8. The number of hydrogen-bond acceptors (Lipinski definition) is 0. The van der Waals surface area contributed by atoms with E-state index in [0.717, 1.165) is 0 Å². The van der Waals surface area contributed by atoms with E-state index in [1.807, 2.05) is 0 Å². The molecule has 180 valence electrons. The van der Waals surface area contributed by atoms with Crippen molar-refractivity contribution in [3.05, 3.63) is 81.4 Å². The third-order valence-corrected chi connectivity index (χ3v) is 8.25. The van der Waals surface area contributed by atoms with Gasteiger partial charge in [-0.05, 0) is 0 Å². The van der Waals surface area contributed by atoms with Crippen LogP contribution >= 0.6 is 0 Å². The number of benzene rings is 4. The van der Waals surface area contributed by atoms with Gasteiger partial charge in [0, 0.05) is 0 Å². The van der Waals surface area contributed by atoms with Gasteiger partial charge in [-0.15, -0.1) is 0 Å². The van der Waals surface area contributed by atoms with Gasteiger partial charge in [-0.2, -0.15) is 0 Å². The predicted octanol–water partition coefficient (Wildman–Crippen LogP) is 5.60. The fourth-order valence-corrected chi connectivity index (χ4v) is 6.11. The Morgan fingerprint density at radius 1 is 0.229 bits per heavy atom. The van der Waals surface area contributed by atoms with E-state index in [4.69, 9.17) is 0 Å². The van der Waals surface area contributed by atoms with Gasteiger partial charge in [-0.1, -0.05) is 0 Å². The van der Waals surface area contributed by atoms with Crippen molar-refractivity contribution in [2.45, 2.75) is 0 Å². The molecule has 15 heteroatoms. The number of halogens is 14. The first kappa shape index (κ1) is 25.8. The second-order valence-corrected chi connectivity index (χ2v) is 9.79. The summed E-state index contributed by atoms with van der Waals surface area (Å²) in [6.07, 6.45) is 0. The Bertz CT molecular complexity index is 1490. The Hall–Kier alpha value is -2.32. The van der Waals surface area contributed by atoms with Crippen LogP contribution in [0, 0.1) is 81.4 Å². The summed E-state index contributed by atoms with van der Waals surface area (Å²) in [5.41, 5.74) is 0. The summed E-state index contributed by atoms with van der Waals surface area (Å²) in [6, 6.07) is 0. The summed E-state index contributed by atoms with van der Waals surface area (Å²) in [4.78, 5) is 0. The van der Waals surface area contributed by atoms with E-state index in [1.54, 1.807) is 0 Å². The Labute approximate surface area is 201 Å². The van der Waals surface area contributed by atoms with Gasteiger partial charge < -0.3 is 0 Å². The van der Waals surface area contributed by atoms with E-state index in [9.17, 15) is 61.5 Å². The van der Waals surface area contributed by atoms with Gasteiger partial charge in [0.05, 0.1) is 0 Å². The summed E-state index contributed by atoms with van der Waals surface area (Å²) in [5.74, 6) is -35.4. The molecule has 0 aromatic heterocycles. The van der Waals surface area contributed by atoms with Crippen molar-refractivity contribution in [2.75, 3.05) is 0 Å². The van der Waals surface area contributed by atoms with E-state index < -0.39 is 140 Å². The van der Waals surface area contributed by atoms with Crippen LogP contribution in [0.25, 0.3) is 21.5 Å². The van der Waals surface area contributed by atoms with Crippen molar-refractivity contribution < 1.29 is 61.5 Å². The third kappa shape index (κ3) is 3.47. The van der Waals surface area contributed by atoms with Crippen LogP contribution in [-0.2, 0) is 0 Å². The quantitative estimate of drug-likeness (QED) is 0.133. The van der Waals surface area contributed by atoms with Crippen molar-refractivity contribution in [1.29, 1.82) is 0 Å². The molecular formula is C20CaF14. The SMILES string of the molecule is Fc1c(F)c(F)c2c(F)[c]([Ca][c]3c(F)c(F)c4c(F)c(F)c(F)c(F)c4c3F)c(F)c(F)c2c1F. The van der Waals surface area contributed by atoms with Gasteiger partial charge in [0.15, 0.2) is 0 Å². The molecule has 4 aromatic rings. The predicted molar refractivity (Wildman–Crippen MR) is 92.3 cm³/mol. The number of rotatable bonds is 2. The van der Waals surface area contributed by atoms with Crippen molar-refractivity contribution >= 4 is 58.7 Å². The zero-order valence-electron chi connectivity index (χ0n) is 16.0. The summed E-state index contributed by atoms with van der Waals surface area (Å²) in [5, 5.41) is -8.04. The first-order chi connectivity index (χ1) is 16.2. The topological polar surface area (TPSA) is 0 Å². The molecule has 0 saturated carbocycles. The molecule has 0 aliphatic rings. The molecule has 35 heavy (non-hydrogen) atoms. The second-order valence-electron chi connectivity index (χ2n) is 7.03. The summed E-state index contributed by atoms with van der Waals surface area (Å²) >= 11 is -4.24. The molecule has 0 N–H and O–H groups in total. The van der Waals surface area contributed by atoms with Crippen LogP contribution in [-0.4, -0.2) is 33.8 Å². The fourth-order valence-electron chi connectivity index (χ4n) is 3.55. The molecule has 0 saturated heterocycles. The van der Waals surface area contributed by atoms with Crippen LogP contribution in [0.4, 0.5) is 61.5 Å². The molecular weight excluding hydrogens is 546 g/mol. The monoisotopic (exact) mass is 546 g/mol. The van der Waals surface area contributed by atoms with Crippen LogP contribution in [0.15, 0.2) is 0 Å². The van der Waals surface area contributed by atoms with Crippen LogP contribution in [0.5, 0.6) is 0 Å². The molecule has 0 nitrogen and oxygen atoms in total. The van der Waals surface area contributed by atoms with E-state index in [0.29, 0.717) is 0 Å². The Kier molecular flexibility index (Phi) is 6.37. The van der Waals surface area contributed by atoms with Crippen LogP contribution in [0.2, 0.25) is 0 Å². The normalized spacial score (nSPS) is 11.6. The molecule has 0 radical (unpaired) electrons. The average Bonchev–Trinajstić information content (AvgIpc) is 2.82. The minimum absolute atomic E-state index is 1.73. The standard InChI is InChI=1S/2C10F7.Ca/c2*11-2-1-3(12)6(13)5-4(2)7(14)9(16)10(17)8(5)15;. The summed E-state index contributed by atoms with van der Waals surface area (Å²) in [7, 11) is 0. The van der Waals surface area contributed by atoms with Gasteiger partial charge >= 0.3 is 202 Å². The Morgan fingerprint density at radius 2 is 0.429 bits per heavy atom. The third-order valence-electron chi connectivity index (χ3n) is 5.21. The molecule has 0 spiro atoms. The molecule has 0 unspecified atom stereocenters. The van der Waals surface area contributed by atoms with E-state index >= 15 is 0 Å². The summed E-state index contributed by atoms with van der Waals surface area (Å²) in [6.45, 7) is 0. The van der Waals surface area contributed by atoms with Crippen molar-refractivity contribution in [3.63, 3.8) is 0 Å². The average molecular weight is 546 g/mol. The Balaban J connectivity index is 2.10. The number of hydrogen-bond donors (Lipinski definition) is 0. The van der Waals surface area contributed by atoms with Crippen LogP contribution in [0.1, 0.15) is 0 Å². The molecule has 0 fully saturated rings. The van der Waals surface area contributed by atoms with Gasteiger partial charge in [0.2, 0.25) is 0 Å². The summed E-state index contributed by atoms with van der Waals surface area (Å²) < 4.78 is 194. The molecule has 0 atom stereocenters. The second kappa shape index (κ2) is 8.66. The van der Waals surface area contributed by atoms with Gasteiger partial charge in [0.25, 0.3) is 0 Å². The van der Waals surface area contributed by atoms with Crippen molar-refractivity contribution in [1.82, 2.24) is 0 Å². The molecule has 0 aliphatic carbocycles. The fraction of sp³-hybridized carbons (Fsp3) is 0. The molecule has 4 aromatic carbocycles. The maximum atomic E-state index is 14.8. The minimum atomic E-state index is -4.24. The molecule has 0 amide bonds. The van der Waals surface area contributed by atoms with E-state index in [-0.39, 0.29) is 0 Å². The van der Waals surface area contributed by atoms with Gasteiger partial charge in [-0.25, -0.2) is 0 Å². The first-order valence-electron chi connectivity index (χ1n) is 8.85. The molecule has 4 rings (SSSR count). The molecule has 0 heterocycles. The molecule has 0 aliphatic heterocycles. The van der Waals surface area contributed by atoms with Crippen LogP contribution in [0.3, 0.4) is 0 Å². The Morgan fingerprint density at radius 3 is 0.686 bits per heavy atom. The van der Waals surface area contributed by atoms with Crippen molar-refractivity contribution in [3.8, 4) is 0 Å². The van der Waals surface area contributed by atoms with Gasteiger partial charge in [-0.3, -0.25) is 0 Å². The van der Waals surface area contributed by atoms with E-state index in [1.165, 1.54) is 0 Å². The zero-order valence-corrected chi connectivity index (χ0v) is 18.2. The van der Waals surface area contributed by atoms with Gasteiger partial charge in [0.1, 0.15) is 0 Å². The van der Waals surface area contributed by atoms with Crippen molar-refractivity contribution in [2.24, 2.45) is 0 Å². The number of fused-ring (bicyclic) bond motifs is 2. The van der Waals surface area contributed by atoms with E-state index in [2.05, 4.69) is 0 Å². The van der Waals surface area contributed by atoms with Crippen LogP contribution < -0.4 is 3.32 Å². The zero-order chi connectivity index (χ0) is 26.3. The first-order valence-corrected chi connectivity index (χ1v) is 11.1.